The van der Waals surface area contributed by atoms with Gasteiger partial charge in [-0.2, -0.15) is 13.2 Å². The summed E-state index contributed by atoms with van der Waals surface area (Å²) in [5.74, 6) is -0.259. The van der Waals surface area contributed by atoms with Gasteiger partial charge in [0.2, 0.25) is 0 Å². The van der Waals surface area contributed by atoms with Gasteiger partial charge in [0.1, 0.15) is 0 Å². The molecule has 0 saturated heterocycles. The number of para-hydroxylation sites is 3. The number of hydrogen-bond acceptors (Lipinski definition) is 4. The third kappa shape index (κ3) is 27.7. The van der Waals surface area contributed by atoms with E-state index in [-0.39, 0.29) is 91.8 Å². The van der Waals surface area contributed by atoms with Crippen LogP contribution in [0.15, 0.2) is 322 Å². The number of unbranched alkanes of at least 4 members (excludes halogenated alkanes) is 12. The molecule has 4 heterocycles. The molecule has 0 spiro atoms. The van der Waals surface area contributed by atoms with Gasteiger partial charge in [-0.05, 0) is 194 Å². The molecule has 17 aromatic rings. The minimum atomic E-state index is -4.46. The van der Waals surface area contributed by atoms with Gasteiger partial charge in [0.05, 0.1) is 22.1 Å². The van der Waals surface area contributed by atoms with Gasteiger partial charge >= 0.3 is 6.18 Å². The predicted molar refractivity (Wildman–Crippen MR) is 512 cm³/mol. The van der Waals surface area contributed by atoms with Gasteiger partial charge in [-0.1, -0.05) is 352 Å². The molecular formula is C116H108F4Ir4N4-4. The summed E-state index contributed by atoms with van der Waals surface area (Å²) in [6, 6.07) is 120. The maximum absolute atomic E-state index is 14.6. The van der Waals surface area contributed by atoms with Crippen LogP contribution in [0.4, 0.5) is 17.6 Å². The van der Waals surface area contributed by atoms with Gasteiger partial charge in [0.15, 0.2) is 0 Å². The van der Waals surface area contributed by atoms with Crippen molar-refractivity contribution in [3.05, 3.63) is 385 Å². The first-order chi connectivity index (χ1) is 60.7. The summed E-state index contributed by atoms with van der Waals surface area (Å²) in [4.78, 5) is 19.2. The topological polar surface area (TPSA) is 51.6 Å². The van der Waals surface area contributed by atoms with Crippen molar-refractivity contribution in [3.8, 4) is 101 Å². The first kappa shape index (κ1) is 100.0. The van der Waals surface area contributed by atoms with E-state index in [0.29, 0.717) is 22.4 Å². The number of benzene rings is 13. The minimum absolute atomic E-state index is 0. The maximum atomic E-state index is 14.6. The van der Waals surface area contributed by atoms with Crippen LogP contribution in [0.5, 0.6) is 0 Å². The number of nitrogens with zero attached hydrogens (tertiary/aromatic N) is 4. The molecule has 12 heteroatoms. The standard InChI is InChI=1S/C33H30N.C29H27F3N.C27H25FN.C27H26N.4Ir/c1-2-3-4-6-10-25-15-17-27(18-16-25)28-13-9-14-30(23-28)32-22-20-31-24-29(19-21-33(31)34-32)26-11-7-5-8-12-26;1-3-4-5-6-9-21-12-14-22(15-13-21)25-19-24(16-17-26(25)29(30,31)32)28-20(2)18-23-10-7-8-11-27(23)33-28;1-2-3-4-5-8-20-11-13-21(14-12-20)24-19-23(15-17-25(24)28)27-18-16-22-9-6-7-10-26(22)29-27;1-2-3-4-5-9-21-14-16-22(17-15-21)24-11-8-12-25(20-24)27-19-18-23-10-6-7-13-26(23)28-27;;;;/h5,7-9,11-13,15-24H,2-4,6,10H2,1H3;7-8,10-15,17-19H,3-6,9H2,1-2H3;6-7,9-14,16-19H,2-5,8H2,1H3;6-8,10-11,13-20H,2-5,9H2,1H3;;;;/q4*-1;;;;. The Balaban J connectivity index is 0.000000176. The Labute approximate surface area is 809 Å². The molecule has 0 N–H and O–H groups in total. The first-order valence-electron chi connectivity index (χ1n) is 44.5. The fraction of sp³-hybridized carbons (Fsp3) is 0.224. The molecule has 0 aliphatic carbocycles. The molecule has 0 fully saturated rings. The zero-order chi connectivity index (χ0) is 85.8. The zero-order valence-electron chi connectivity index (χ0n) is 73.4. The molecule has 0 aliphatic heterocycles. The van der Waals surface area contributed by atoms with Crippen LogP contribution < -0.4 is 0 Å². The van der Waals surface area contributed by atoms with Gasteiger partial charge < -0.3 is 0 Å². The first-order valence-corrected chi connectivity index (χ1v) is 44.5. The van der Waals surface area contributed by atoms with Crippen molar-refractivity contribution in [3.63, 3.8) is 0 Å². The van der Waals surface area contributed by atoms with Crippen molar-refractivity contribution < 1.29 is 98.0 Å². The van der Waals surface area contributed by atoms with Crippen LogP contribution in [-0.2, 0) is 112 Å². The maximum Gasteiger partial charge on any atom is 0.382 e. The Kier molecular flexibility index (Phi) is 39.6. The van der Waals surface area contributed by atoms with Crippen molar-refractivity contribution in [1.29, 1.82) is 0 Å². The Bertz CT molecular complexity index is 6320. The van der Waals surface area contributed by atoms with E-state index >= 15 is 0 Å². The van der Waals surface area contributed by atoms with Crippen molar-refractivity contribution in [2.24, 2.45) is 0 Å². The van der Waals surface area contributed by atoms with Crippen molar-refractivity contribution in [2.45, 2.75) is 169 Å². The van der Waals surface area contributed by atoms with Crippen LogP contribution >= 0.6 is 0 Å². The van der Waals surface area contributed by atoms with E-state index in [1.807, 2.05) is 134 Å². The Hall–Kier alpha value is -10.2. The summed E-state index contributed by atoms with van der Waals surface area (Å²) in [6.45, 7) is 10.8. The average molecular weight is 2400 g/mol. The molecule has 128 heavy (non-hydrogen) atoms. The summed E-state index contributed by atoms with van der Waals surface area (Å²) >= 11 is 0. The van der Waals surface area contributed by atoms with E-state index in [2.05, 4.69) is 216 Å². The van der Waals surface area contributed by atoms with Crippen LogP contribution in [0.1, 0.15) is 164 Å². The molecule has 4 nitrogen and oxygen atoms in total. The van der Waals surface area contributed by atoms with Crippen LogP contribution in [-0.4, -0.2) is 19.9 Å². The van der Waals surface area contributed by atoms with Crippen LogP contribution in [0.25, 0.3) is 144 Å². The largest absolute Gasteiger partial charge is 0.382 e. The average Bonchev–Trinajstić information content (AvgIpc) is 0.757. The number of aromatic nitrogens is 4. The SMILES string of the molecule is CCCCCCc1ccc(-c2cc(-c3ccc4ccccc4n3)[c-]cc2F)cc1.CCCCCCc1ccc(-c2cc(-c3nc4ccccc4cc3C)[c-]cc2C(F)(F)F)cc1.CCCCCCc1ccc(-c2cc[c-]c(-c3ccc4cc(-c5ccccc5)ccc4n3)c2)cc1.CCCCCCc1ccc(-c2cc[c-]c(-c3ccc4ccccc4n3)c2)cc1.[Ir].[Ir].[Ir].[Ir]. The number of aryl methyl sites for hydroxylation is 5. The van der Waals surface area contributed by atoms with Crippen LogP contribution in [0, 0.1) is 37.0 Å². The molecule has 13 aromatic carbocycles. The minimum Gasteiger partial charge on any atom is -0.296 e. The fourth-order valence-electron chi connectivity index (χ4n) is 16.0. The van der Waals surface area contributed by atoms with Gasteiger partial charge in [0.25, 0.3) is 0 Å². The molecular weight excluding hydrogens is 2290 g/mol. The summed E-state index contributed by atoms with van der Waals surface area (Å²) in [5.41, 5.74) is 25.6. The monoisotopic (exact) mass is 2400 g/mol. The summed E-state index contributed by atoms with van der Waals surface area (Å²) in [5, 5.41) is 4.40. The molecule has 0 amide bonds. The Morgan fingerprint density at radius 1 is 0.273 bits per heavy atom. The summed E-state index contributed by atoms with van der Waals surface area (Å²) in [6.07, 6.45) is 20.0. The van der Waals surface area contributed by atoms with Gasteiger partial charge in [0, 0.05) is 86.2 Å². The number of fused-ring (bicyclic) bond motifs is 4. The molecule has 4 radical (unpaired) electrons. The number of halogens is 4. The quantitative estimate of drug-likeness (QED) is 0.0266. The van der Waals surface area contributed by atoms with Gasteiger partial charge in [-0.3, -0.25) is 24.3 Å². The third-order valence-corrected chi connectivity index (χ3v) is 23.1. The second-order valence-electron chi connectivity index (χ2n) is 32.4. The molecule has 660 valence electrons. The normalized spacial score (nSPS) is 10.9. The summed E-state index contributed by atoms with van der Waals surface area (Å²) < 4.78 is 56.1. The van der Waals surface area contributed by atoms with E-state index in [1.54, 1.807) is 18.2 Å². The van der Waals surface area contributed by atoms with E-state index in [0.717, 1.165) is 119 Å². The second-order valence-corrected chi connectivity index (χ2v) is 32.4. The van der Waals surface area contributed by atoms with Crippen LogP contribution in [0.3, 0.4) is 0 Å². The molecule has 4 aromatic heterocycles. The zero-order valence-corrected chi connectivity index (χ0v) is 83.0. The second kappa shape index (κ2) is 50.7. The molecule has 0 unspecified atom stereocenters. The molecule has 17 rings (SSSR count). The Morgan fingerprint density at radius 2 is 0.617 bits per heavy atom. The number of hydrogen-bond donors (Lipinski definition) is 0. The van der Waals surface area contributed by atoms with Gasteiger partial charge in [-0.15, -0.1) is 118 Å². The van der Waals surface area contributed by atoms with Crippen molar-refractivity contribution >= 4 is 43.6 Å². The molecule has 0 saturated carbocycles. The number of pyridine rings is 4. The van der Waals surface area contributed by atoms with E-state index in [4.69, 9.17) is 19.9 Å². The smallest absolute Gasteiger partial charge is 0.296 e. The van der Waals surface area contributed by atoms with E-state index < -0.39 is 11.7 Å². The molecule has 0 aliphatic rings. The number of alkyl halides is 3. The summed E-state index contributed by atoms with van der Waals surface area (Å²) in [7, 11) is 0. The molecule has 0 atom stereocenters. The fourth-order valence-corrected chi connectivity index (χ4v) is 16.0. The third-order valence-electron chi connectivity index (χ3n) is 23.1. The van der Waals surface area contributed by atoms with E-state index in [9.17, 15) is 17.6 Å². The van der Waals surface area contributed by atoms with Crippen LogP contribution in [0.2, 0.25) is 0 Å². The number of rotatable bonds is 29. The van der Waals surface area contributed by atoms with Crippen molar-refractivity contribution in [1.82, 2.24) is 19.9 Å². The van der Waals surface area contributed by atoms with Crippen molar-refractivity contribution in [2.75, 3.05) is 0 Å². The Morgan fingerprint density at radius 3 is 1.06 bits per heavy atom. The molecule has 0 bridgehead atoms. The predicted octanol–water partition coefficient (Wildman–Crippen LogP) is 33.1. The van der Waals surface area contributed by atoms with Gasteiger partial charge in [-0.25, -0.2) is 0 Å². The van der Waals surface area contributed by atoms with E-state index in [1.165, 1.54) is 165 Å².